The summed E-state index contributed by atoms with van der Waals surface area (Å²) in [6.45, 7) is 8.38. The van der Waals surface area contributed by atoms with Crippen LogP contribution in [0.4, 0.5) is 0 Å². The molecular weight excluding hydrogens is 220 g/mol. The molecule has 1 N–H and O–H groups in total. The Morgan fingerprint density at radius 2 is 1.89 bits per heavy atom. The van der Waals surface area contributed by atoms with Crippen LogP contribution in [0.25, 0.3) is 0 Å². The standard InChI is InChI=1S/C16H32N2/c1-3-5-8-14-11-15(17-4-2)13-18(12-14)16-9-6-7-10-16/h14-17H,3-13H2,1-2H3. The average molecular weight is 252 g/mol. The molecule has 2 heteroatoms. The maximum atomic E-state index is 3.70. The Morgan fingerprint density at radius 3 is 2.56 bits per heavy atom. The molecule has 2 rings (SSSR count). The molecule has 1 aliphatic heterocycles. The number of hydrogen-bond donors (Lipinski definition) is 1. The molecule has 0 aromatic rings. The van der Waals surface area contributed by atoms with Gasteiger partial charge in [-0.1, -0.05) is 39.5 Å². The van der Waals surface area contributed by atoms with Crippen molar-refractivity contribution in [2.75, 3.05) is 19.6 Å². The van der Waals surface area contributed by atoms with Crippen LogP contribution in [0.15, 0.2) is 0 Å². The number of piperidine rings is 1. The summed E-state index contributed by atoms with van der Waals surface area (Å²) < 4.78 is 0. The van der Waals surface area contributed by atoms with Crippen molar-refractivity contribution in [3.8, 4) is 0 Å². The third-order valence-corrected chi connectivity index (χ3v) is 4.87. The van der Waals surface area contributed by atoms with Gasteiger partial charge in [-0.15, -0.1) is 0 Å². The van der Waals surface area contributed by atoms with Crippen molar-refractivity contribution in [1.29, 1.82) is 0 Å². The Balaban J connectivity index is 1.87. The lowest BCUT2D eigenvalue weighted by molar-refractivity contribution is 0.0950. The number of nitrogens with one attached hydrogen (secondary N) is 1. The number of likely N-dealkylation sites (N-methyl/N-ethyl adjacent to an activating group) is 1. The predicted molar refractivity (Wildman–Crippen MR) is 78.9 cm³/mol. The molecule has 0 aromatic carbocycles. The van der Waals surface area contributed by atoms with Gasteiger partial charge in [-0.25, -0.2) is 0 Å². The van der Waals surface area contributed by atoms with Gasteiger partial charge in [0.2, 0.25) is 0 Å². The maximum Gasteiger partial charge on any atom is 0.0198 e. The van der Waals surface area contributed by atoms with E-state index in [1.165, 1.54) is 64.5 Å². The second kappa shape index (κ2) is 7.49. The van der Waals surface area contributed by atoms with Crippen LogP contribution in [0.5, 0.6) is 0 Å². The number of nitrogens with zero attached hydrogens (tertiary/aromatic N) is 1. The lowest BCUT2D eigenvalue weighted by atomic mass is 9.89. The van der Waals surface area contributed by atoms with Crippen LogP contribution in [0.3, 0.4) is 0 Å². The van der Waals surface area contributed by atoms with E-state index >= 15 is 0 Å². The molecule has 1 saturated heterocycles. The van der Waals surface area contributed by atoms with Gasteiger partial charge < -0.3 is 5.32 Å². The van der Waals surface area contributed by atoms with Crippen molar-refractivity contribution in [2.24, 2.45) is 5.92 Å². The van der Waals surface area contributed by atoms with E-state index in [1.807, 2.05) is 0 Å². The fraction of sp³-hybridized carbons (Fsp3) is 1.00. The van der Waals surface area contributed by atoms with Gasteiger partial charge >= 0.3 is 0 Å². The zero-order valence-corrected chi connectivity index (χ0v) is 12.5. The van der Waals surface area contributed by atoms with Crippen LogP contribution >= 0.6 is 0 Å². The highest BCUT2D eigenvalue weighted by Crippen LogP contribution is 2.29. The van der Waals surface area contributed by atoms with Crippen molar-refractivity contribution >= 4 is 0 Å². The fourth-order valence-corrected chi connectivity index (χ4v) is 3.95. The highest BCUT2D eigenvalue weighted by Gasteiger charge is 2.31. The van der Waals surface area contributed by atoms with Gasteiger partial charge in [0.25, 0.3) is 0 Å². The Kier molecular flexibility index (Phi) is 5.97. The van der Waals surface area contributed by atoms with Gasteiger partial charge in [0.15, 0.2) is 0 Å². The smallest absolute Gasteiger partial charge is 0.0198 e. The van der Waals surface area contributed by atoms with Gasteiger partial charge in [0, 0.05) is 25.2 Å². The second-order valence-electron chi connectivity index (χ2n) is 6.39. The molecule has 2 nitrogen and oxygen atoms in total. The van der Waals surface area contributed by atoms with Crippen molar-refractivity contribution in [1.82, 2.24) is 10.2 Å². The zero-order valence-electron chi connectivity index (χ0n) is 12.5. The van der Waals surface area contributed by atoms with E-state index in [2.05, 4.69) is 24.1 Å². The van der Waals surface area contributed by atoms with Crippen LogP contribution in [0.1, 0.15) is 65.2 Å². The Bertz CT molecular complexity index is 223. The van der Waals surface area contributed by atoms with E-state index in [-0.39, 0.29) is 0 Å². The summed E-state index contributed by atoms with van der Waals surface area (Å²) in [6, 6.07) is 1.67. The summed E-state index contributed by atoms with van der Waals surface area (Å²) in [7, 11) is 0. The number of rotatable bonds is 6. The van der Waals surface area contributed by atoms with E-state index in [1.54, 1.807) is 0 Å². The monoisotopic (exact) mass is 252 g/mol. The van der Waals surface area contributed by atoms with Crippen LogP contribution in [-0.2, 0) is 0 Å². The van der Waals surface area contributed by atoms with Gasteiger partial charge in [0.05, 0.1) is 0 Å². The molecule has 1 heterocycles. The normalized spacial score (nSPS) is 31.0. The molecule has 0 spiro atoms. The average Bonchev–Trinajstić information content (AvgIpc) is 2.90. The number of unbranched alkanes of at least 4 members (excludes halogenated alkanes) is 1. The van der Waals surface area contributed by atoms with Crippen LogP contribution < -0.4 is 5.32 Å². The molecule has 0 bridgehead atoms. The minimum absolute atomic E-state index is 0.756. The number of likely N-dealkylation sites (tertiary alicyclic amines) is 1. The van der Waals surface area contributed by atoms with E-state index in [0.717, 1.165) is 24.5 Å². The lowest BCUT2D eigenvalue weighted by Gasteiger charge is -2.41. The van der Waals surface area contributed by atoms with Crippen molar-refractivity contribution in [2.45, 2.75) is 77.3 Å². The molecule has 0 radical (unpaired) electrons. The first kappa shape index (κ1) is 14.3. The molecule has 106 valence electrons. The summed E-state index contributed by atoms with van der Waals surface area (Å²) in [5.41, 5.74) is 0. The topological polar surface area (TPSA) is 15.3 Å². The summed E-state index contributed by atoms with van der Waals surface area (Å²) in [5.74, 6) is 0.948. The minimum atomic E-state index is 0.756. The predicted octanol–water partition coefficient (Wildman–Crippen LogP) is 3.42. The quantitative estimate of drug-likeness (QED) is 0.779. The molecule has 0 amide bonds. The van der Waals surface area contributed by atoms with E-state index in [9.17, 15) is 0 Å². The first-order valence-electron chi connectivity index (χ1n) is 8.30. The summed E-state index contributed by atoms with van der Waals surface area (Å²) in [4.78, 5) is 2.82. The van der Waals surface area contributed by atoms with Crippen LogP contribution in [0.2, 0.25) is 0 Å². The van der Waals surface area contributed by atoms with E-state index in [4.69, 9.17) is 0 Å². The molecule has 1 saturated carbocycles. The first-order chi connectivity index (χ1) is 8.83. The van der Waals surface area contributed by atoms with Gasteiger partial charge in [0.1, 0.15) is 0 Å². The van der Waals surface area contributed by atoms with Crippen molar-refractivity contribution in [3.63, 3.8) is 0 Å². The van der Waals surface area contributed by atoms with Gasteiger partial charge in [-0.2, -0.15) is 0 Å². The number of hydrogen-bond acceptors (Lipinski definition) is 2. The fourth-order valence-electron chi connectivity index (χ4n) is 3.95. The van der Waals surface area contributed by atoms with Crippen molar-refractivity contribution < 1.29 is 0 Å². The van der Waals surface area contributed by atoms with Crippen LogP contribution in [-0.4, -0.2) is 36.6 Å². The van der Waals surface area contributed by atoms with E-state index < -0.39 is 0 Å². The molecule has 18 heavy (non-hydrogen) atoms. The maximum absolute atomic E-state index is 3.70. The molecule has 0 aromatic heterocycles. The molecule has 2 aliphatic rings. The minimum Gasteiger partial charge on any atom is -0.313 e. The molecule has 1 aliphatic carbocycles. The highest BCUT2D eigenvalue weighted by molar-refractivity contribution is 4.88. The second-order valence-corrected chi connectivity index (χ2v) is 6.39. The van der Waals surface area contributed by atoms with Gasteiger partial charge in [-0.05, 0) is 38.1 Å². The SMILES string of the molecule is CCCCC1CC(NCC)CN(C2CCCC2)C1. The Hall–Kier alpha value is -0.0800. The summed E-state index contributed by atoms with van der Waals surface area (Å²) in [5, 5.41) is 3.70. The largest absolute Gasteiger partial charge is 0.313 e. The third kappa shape index (κ3) is 3.96. The summed E-state index contributed by atoms with van der Waals surface area (Å²) in [6.07, 6.45) is 11.5. The Morgan fingerprint density at radius 1 is 1.11 bits per heavy atom. The molecule has 2 atom stereocenters. The lowest BCUT2D eigenvalue weighted by Crippen LogP contribution is -2.52. The zero-order chi connectivity index (χ0) is 12.8. The van der Waals surface area contributed by atoms with Gasteiger partial charge in [-0.3, -0.25) is 4.90 Å². The summed E-state index contributed by atoms with van der Waals surface area (Å²) >= 11 is 0. The van der Waals surface area contributed by atoms with Crippen molar-refractivity contribution in [3.05, 3.63) is 0 Å². The molecule has 2 unspecified atom stereocenters. The van der Waals surface area contributed by atoms with Crippen LogP contribution in [0, 0.1) is 5.92 Å². The van der Waals surface area contributed by atoms with E-state index in [0.29, 0.717) is 0 Å². The highest BCUT2D eigenvalue weighted by atomic mass is 15.2. The Labute approximate surface area is 114 Å². The third-order valence-electron chi connectivity index (χ3n) is 4.87. The first-order valence-corrected chi connectivity index (χ1v) is 8.30. The molecular formula is C16H32N2. The molecule has 2 fully saturated rings.